The minimum atomic E-state index is -0.188. The monoisotopic (exact) mass is 338 g/mol. The maximum atomic E-state index is 12.7. The highest BCUT2D eigenvalue weighted by atomic mass is 16.5. The number of hydrogen-bond donors (Lipinski definition) is 0. The molecule has 3 heterocycles. The van der Waals surface area contributed by atoms with Gasteiger partial charge in [0.2, 0.25) is 0 Å². The lowest BCUT2D eigenvalue weighted by Gasteiger charge is -2.57. The van der Waals surface area contributed by atoms with Crippen LogP contribution in [0.1, 0.15) is 44.6 Å². The topological polar surface area (TPSA) is 41.9 Å². The summed E-state index contributed by atoms with van der Waals surface area (Å²) >= 11 is 0. The van der Waals surface area contributed by atoms with E-state index in [0.717, 1.165) is 37.2 Å². The fraction of sp³-hybridized carbons (Fsp3) is 0.619. The molecule has 4 atom stereocenters. The van der Waals surface area contributed by atoms with Gasteiger partial charge in [-0.15, -0.1) is 0 Å². The van der Waals surface area contributed by atoms with Gasteiger partial charge in [0.05, 0.1) is 24.1 Å². The van der Waals surface area contributed by atoms with E-state index in [1.807, 2.05) is 0 Å². The molecule has 0 N–H and O–H groups in total. The summed E-state index contributed by atoms with van der Waals surface area (Å²) in [5.74, 6) is -0.284. The summed E-state index contributed by atoms with van der Waals surface area (Å²) in [5, 5.41) is 0. The van der Waals surface area contributed by atoms with Crippen LogP contribution >= 0.6 is 0 Å². The number of aliphatic imine (C=N–C) groups is 1. The number of para-hydroxylation sites is 1. The van der Waals surface area contributed by atoms with E-state index in [1.165, 1.54) is 32.1 Å². The minimum absolute atomic E-state index is 0.0792. The zero-order valence-electron chi connectivity index (χ0n) is 15.1. The van der Waals surface area contributed by atoms with E-state index in [2.05, 4.69) is 36.1 Å². The Bertz CT molecular complexity index is 773. The largest absolute Gasteiger partial charge is 0.469 e. The van der Waals surface area contributed by atoms with Gasteiger partial charge < -0.3 is 4.74 Å². The maximum absolute atomic E-state index is 12.7. The first-order chi connectivity index (χ1) is 12.2. The second kappa shape index (κ2) is 5.16. The summed E-state index contributed by atoms with van der Waals surface area (Å²) in [7, 11) is 1.52. The van der Waals surface area contributed by atoms with Crippen LogP contribution in [0.2, 0.25) is 0 Å². The third kappa shape index (κ3) is 1.76. The summed E-state index contributed by atoms with van der Waals surface area (Å²) in [4.78, 5) is 20.5. The molecule has 0 bridgehead atoms. The molecule has 0 aromatic heterocycles. The van der Waals surface area contributed by atoms with Gasteiger partial charge in [-0.25, -0.2) is 0 Å². The number of piperidine rings is 1. The Labute approximate surface area is 149 Å². The molecule has 5 rings (SSSR count). The highest BCUT2D eigenvalue weighted by Crippen LogP contribution is 2.63. The smallest absolute Gasteiger partial charge is 0.314 e. The molecule has 3 fully saturated rings. The molecule has 1 unspecified atom stereocenters. The molecule has 4 aliphatic rings. The van der Waals surface area contributed by atoms with Gasteiger partial charge >= 0.3 is 5.97 Å². The number of nitrogens with zero attached hydrogens (tertiary/aromatic N) is 2. The Hall–Kier alpha value is -1.68. The summed E-state index contributed by atoms with van der Waals surface area (Å²) in [6.45, 7) is 4.62. The molecule has 1 aliphatic carbocycles. The average molecular weight is 338 g/mol. The SMILES string of the molecule is CC[C@]12CCCN3CC[C@]4(C(=Nc5ccccc54)C(C(=O)OC)C1)[C@@H]32. The predicted molar refractivity (Wildman–Crippen MR) is 97.3 cm³/mol. The van der Waals surface area contributed by atoms with Gasteiger partial charge in [0.15, 0.2) is 0 Å². The number of methoxy groups -OCH3 is 1. The number of benzene rings is 1. The quantitative estimate of drug-likeness (QED) is 0.776. The van der Waals surface area contributed by atoms with Crippen LogP contribution in [0.25, 0.3) is 0 Å². The first kappa shape index (κ1) is 15.6. The van der Waals surface area contributed by atoms with Gasteiger partial charge in [0, 0.05) is 11.8 Å². The molecular formula is C21H26N2O2. The molecule has 1 spiro atoms. The fourth-order valence-electron chi connectivity index (χ4n) is 6.64. The minimum Gasteiger partial charge on any atom is -0.469 e. The van der Waals surface area contributed by atoms with Crippen molar-refractivity contribution in [2.24, 2.45) is 16.3 Å². The van der Waals surface area contributed by atoms with Gasteiger partial charge in [-0.1, -0.05) is 25.1 Å². The van der Waals surface area contributed by atoms with E-state index < -0.39 is 0 Å². The Balaban J connectivity index is 1.76. The van der Waals surface area contributed by atoms with E-state index in [9.17, 15) is 4.79 Å². The molecule has 132 valence electrons. The van der Waals surface area contributed by atoms with Crippen molar-refractivity contribution in [3.8, 4) is 0 Å². The van der Waals surface area contributed by atoms with Gasteiger partial charge in [-0.3, -0.25) is 14.7 Å². The molecule has 25 heavy (non-hydrogen) atoms. The predicted octanol–water partition coefficient (Wildman–Crippen LogP) is 3.47. The Kier molecular flexibility index (Phi) is 3.22. The number of ether oxygens (including phenoxy) is 1. The van der Waals surface area contributed by atoms with Crippen molar-refractivity contribution in [2.45, 2.75) is 50.5 Å². The second-order valence-electron chi connectivity index (χ2n) is 8.27. The summed E-state index contributed by atoms with van der Waals surface area (Å²) < 4.78 is 5.24. The first-order valence-electron chi connectivity index (χ1n) is 9.67. The third-order valence-electron chi connectivity index (χ3n) is 7.54. The van der Waals surface area contributed by atoms with Crippen molar-refractivity contribution in [2.75, 3.05) is 20.2 Å². The van der Waals surface area contributed by atoms with Gasteiger partial charge in [-0.2, -0.15) is 0 Å². The number of carbonyl (C=O) groups excluding carboxylic acids is 1. The zero-order chi connectivity index (χ0) is 17.2. The molecule has 4 heteroatoms. The Morgan fingerprint density at radius 3 is 2.96 bits per heavy atom. The van der Waals surface area contributed by atoms with Crippen LogP contribution in [0.3, 0.4) is 0 Å². The second-order valence-corrected chi connectivity index (χ2v) is 8.27. The fourth-order valence-corrected chi connectivity index (χ4v) is 6.64. The van der Waals surface area contributed by atoms with E-state index >= 15 is 0 Å². The summed E-state index contributed by atoms with van der Waals surface area (Å²) in [5.41, 5.74) is 3.64. The van der Waals surface area contributed by atoms with Crippen LogP contribution in [-0.4, -0.2) is 42.8 Å². The van der Waals surface area contributed by atoms with Crippen LogP contribution < -0.4 is 0 Å². The maximum Gasteiger partial charge on any atom is 0.314 e. The molecule has 4 nitrogen and oxygen atoms in total. The lowest BCUT2D eigenvalue weighted by Crippen LogP contribution is -2.64. The van der Waals surface area contributed by atoms with Crippen LogP contribution in [0, 0.1) is 11.3 Å². The standard InChI is InChI=1S/C21H26N2O2/c1-3-20-9-6-11-23-12-10-21(19(20)23)15-7-4-5-8-16(15)22-17(21)14(13-20)18(24)25-2/h4-5,7-8,14,19H,3,6,9-13H2,1-2H3/t14?,19-,20-,21-/m0/s1. The van der Waals surface area contributed by atoms with E-state index in [-0.39, 0.29) is 22.7 Å². The number of hydrogen-bond acceptors (Lipinski definition) is 4. The molecule has 1 aromatic carbocycles. The zero-order valence-corrected chi connectivity index (χ0v) is 15.1. The van der Waals surface area contributed by atoms with E-state index in [0.29, 0.717) is 6.04 Å². The summed E-state index contributed by atoms with van der Waals surface area (Å²) in [6, 6.07) is 9.05. The molecule has 0 amide bonds. The van der Waals surface area contributed by atoms with Gasteiger partial charge in [-0.05, 0) is 62.2 Å². The number of carbonyl (C=O) groups is 1. The number of fused-ring (bicyclic) bond motifs is 1. The lowest BCUT2D eigenvalue weighted by molar-refractivity contribution is -0.146. The molecule has 0 radical (unpaired) electrons. The van der Waals surface area contributed by atoms with Crippen molar-refractivity contribution in [1.29, 1.82) is 0 Å². The van der Waals surface area contributed by atoms with Crippen LogP contribution in [0.4, 0.5) is 5.69 Å². The molecule has 2 saturated heterocycles. The molecule has 3 aliphatic heterocycles. The van der Waals surface area contributed by atoms with Crippen molar-refractivity contribution in [3.63, 3.8) is 0 Å². The van der Waals surface area contributed by atoms with Crippen molar-refractivity contribution >= 4 is 17.4 Å². The van der Waals surface area contributed by atoms with E-state index in [4.69, 9.17) is 9.73 Å². The van der Waals surface area contributed by atoms with Crippen LogP contribution in [0.5, 0.6) is 0 Å². The third-order valence-corrected chi connectivity index (χ3v) is 7.54. The van der Waals surface area contributed by atoms with Crippen molar-refractivity contribution in [1.82, 2.24) is 4.90 Å². The number of esters is 1. The highest BCUT2D eigenvalue weighted by molar-refractivity contribution is 6.13. The Morgan fingerprint density at radius 2 is 2.16 bits per heavy atom. The van der Waals surface area contributed by atoms with Crippen molar-refractivity contribution in [3.05, 3.63) is 29.8 Å². The first-order valence-corrected chi connectivity index (χ1v) is 9.67. The number of rotatable bonds is 2. The highest BCUT2D eigenvalue weighted by Gasteiger charge is 2.67. The van der Waals surface area contributed by atoms with Crippen LogP contribution in [0.15, 0.2) is 29.3 Å². The molecule has 1 aromatic rings. The lowest BCUT2D eigenvalue weighted by atomic mass is 9.50. The van der Waals surface area contributed by atoms with Gasteiger partial charge in [0.25, 0.3) is 0 Å². The Morgan fingerprint density at radius 1 is 1.32 bits per heavy atom. The molecule has 1 saturated carbocycles. The average Bonchev–Trinajstić information content (AvgIpc) is 3.21. The van der Waals surface area contributed by atoms with E-state index in [1.54, 1.807) is 0 Å². The molecular weight excluding hydrogens is 312 g/mol. The van der Waals surface area contributed by atoms with Crippen molar-refractivity contribution < 1.29 is 9.53 Å². The summed E-state index contributed by atoms with van der Waals surface area (Å²) in [6.07, 6.45) is 5.56. The van der Waals surface area contributed by atoms with Crippen LogP contribution in [-0.2, 0) is 14.9 Å². The van der Waals surface area contributed by atoms with Gasteiger partial charge in [0.1, 0.15) is 0 Å². The normalized spacial score (nSPS) is 38.6.